The maximum atomic E-state index is 15.5. The number of carboxylic acids is 2. The Hall–Kier alpha value is -11.8. The average Bonchev–Trinajstić information content (AvgIpc) is 1.64. The molecular weight excluding hydrogens is 1540 g/mol. The molecule has 1 fully saturated rings. The number of benzene rings is 4. The number of carbonyl (C=O) groups is 11. The number of alkyl halides is 3. The molecule has 6 unspecified atom stereocenters. The lowest BCUT2D eigenvalue weighted by molar-refractivity contribution is -0.191. The number of ether oxygens (including phenoxy) is 5. The largest absolute Gasteiger partial charge is 0.481 e. The molecule has 39 heteroatoms. The van der Waals surface area contributed by atoms with E-state index in [1.54, 1.807) is 13.8 Å². The molecule has 4 aromatic carbocycles. The highest BCUT2D eigenvalue weighted by Crippen LogP contribution is 2.47. The van der Waals surface area contributed by atoms with Crippen LogP contribution in [0.3, 0.4) is 0 Å². The lowest BCUT2D eigenvalue weighted by atomic mass is 9.81. The number of nitrogens with zero attached hydrogens (tertiary/aromatic N) is 3. The van der Waals surface area contributed by atoms with Gasteiger partial charge in [-0.1, -0.05) is 45.9 Å². The number of aromatic nitrogens is 2. The van der Waals surface area contributed by atoms with Gasteiger partial charge < -0.3 is 91.2 Å². The molecule has 34 nitrogen and oxygen atoms in total. The van der Waals surface area contributed by atoms with E-state index in [2.05, 4.69) is 52.6 Å². The van der Waals surface area contributed by atoms with Crippen LogP contribution < -0.4 is 58.1 Å². The SMILES string of the molecule is CCCNC(=O)Nc1cccc(S(=O)(=O)Nc2cccc(C(CC(=O)O)NC(=O)Nc3ccc(NC(=O)NCCOCCOCCOCCC(=O)NC(CC(=O)O)C(=O)N4CCCC4C(=O)NC(C(=O)OC4(CC)C(=O)OCc5c4cc4n(c5=O)Cc5c-4nc4cc(F)c(C)c6c4c5C(NC(=O)C(F)(F)F)CC6)C(C)C)cc3)c2)c1. The third-order valence-corrected chi connectivity index (χ3v) is 20.9. The highest BCUT2D eigenvalue weighted by Gasteiger charge is 2.53. The fraction of sp³-hybridized carbons (Fsp3) is 0.434. The predicted octanol–water partition coefficient (Wildman–Crippen LogP) is 6.77. The zero-order chi connectivity index (χ0) is 83.2. The molecule has 4 aliphatic rings. The number of hydrogen-bond donors (Lipinski definition) is 12. The van der Waals surface area contributed by atoms with E-state index in [4.69, 9.17) is 28.7 Å². The molecule has 3 aliphatic heterocycles. The number of pyridine rings is 2. The molecule has 6 aromatic rings. The van der Waals surface area contributed by atoms with Gasteiger partial charge in [-0.2, -0.15) is 13.2 Å². The van der Waals surface area contributed by atoms with Crippen molar-refractivity contribution in [3.05, 3.63) is 140 Å². The highest BCUT2D eigenvalue weighted by atomic mass is 32.2. The van der Waals surface area contributed by atoms with Crippen molar-refractivity contribution in [3.63, 3.8) is 0 Å². The zero-order valence-electron chi connectivity index (χ0n) is 63.1. The number of carboxylic acid groups (broad SMARTS) is 2. The number of aliphatic carboxylic acids is 2. The molecule has 115 heavy (non-hydrogen) atoms. The molecule has 1 aliphatic carbocycles. The van der Waals surface area contributed by atoms with Crippen LogP contribution in [0, 0.1) is 18.7 Å². The van der Waals surface area contributed by atoms with Crippen molar-refractivity contribution in [1.29, 1.82) is 0 Å². The Bertz CT molecular complexity index is 4930. The first-order valence-corrected chi connectivity index (χ1v) is 38.5. The number of anilines is 4. The summed E-state index contributed by atoms with van der Waals surface area (Å²) >= 11 is 0. The number of nitrogens with one attached hydrogen (secondary N) is 10. The Morgan fingerprint density at radius 2 is 1.37 bits per heavy atom. The first-order valence-electron chi connectivity index (χ1n) is 37.0. The smallest absolute Gasteiger partial charge is 0.471 e. The molecule has 0 saturated carbocycles. The summed E-state index contributed by atoms with van der Waals surface area (Å²) in [4.78, 5) is 165. The summed E-state index contributed by atoms with van der Waals surface area (Å²) in [5.41, 5.74) is -0.898. The third kappa shape index (κ3) is 20.8. The van der Waals surface area contributed by atoms with E-state index in [1.165, 1.54) is 97.3 Å². The Labute approximate surface area is 655 Å². The molecule has 12 N–H and O–H groups in total. The second-order valence-corrected chi connectivity index (χ2v) is 29.5. The van der Waals surface area contributed by atoms with E-state index in [1.807, 2.05) is 6.92 Å². The zero-order valence-corrected chi connectivity index (χ0v) is 63.9. The molecule has 1 saturated heterocycles. The van der Waals surface area contributed by atoms with Gasteiger partial charge in [0.1, 0.15) is 30.5 Å². The number of aryl methyl sites for hydroxylation is 1. The number of carbonyl (C=O) groups excluding carboxylic acids is 9. The van der Waals surface area contributed by atoms with Crippen molar-refractivity contribution in [2.45, 2.75) is 152 Å². The standard InChI is InChI=1S/C76H87F4N13O21S/c1-6-23-81-72(105)85-45-12-9-14-47(33-45)115(108,109)91-46-13-8-11-42(32-46)54(36-60(95)96)89-74(107)84-44-18-16-43(17-19-44)83-73(106)82-24-27-111-29-31-112-30-28-110-26-22-59(94)86-56(37-61(97)98)68(101)92-25-10-15-57(92)66(99)90-64(40(3)4)69(102)114-75(7-2)51-34-58-65-49(38-93(58)67(100)50(51)39-113-71(75)104)63-53(88-70(103)76(78,79)80)21-20-48-41(5)52(77)35-55(87-65)62(48)63/h8-9,11-14,16-19,32-35,40,53-54,56-57,64,91H,6-7,10,15,20-31,36-39H2,1-5H3,(H,86,94)(H,88,103)(H,90,99)(H,95,96)(H,97,98)(H2,81,85,105)(H2,82,83,106)(H2,84,89,107). The van der Waals surface area contributed by atoms with Crippen LogP contribution >= 0.6 is 0 Å². The van der Waals surface area contributed by atoms with Crippen molar-refractivity contribution in [2.75, 3.05) is 79.9 Å². The third-order valence-electron chi connectivity index (χ3n) is 19.6. The average molecular weight is 1630 g/mol. The monoisotopic (exact) mass is 1630 g/mol. The van der Waals surface area contributed by atoms with E-state index in [0.29, 0.717) is 29.6 Å². The van der Waals surface area contributed by atoms with Crippen LogP contribution in [0.2, 0.25) is 0 Å². The summed E-state index contributed by atoms with van der Waals surface area (Å²) < 4.78 is 115. The van der Waals surface area contributed by atoms with Gasteiger partial charge in [-0.25, -0.2) is 41.8 Å². The van der Waals surface area contributed by atoms with E-state index in [0.717, 1.165) is 11.0 Å². The number of rotatable bonds is 35. The van der Waals surface area contributed by atoms with Crippen molar-refractivity contribution in [1.82, 2.24) is 46.4 Å². The van der Waals surface area contributed by atoms with E-state index < -0.39 is 154 Å². The van der Waals surface area contributed by atoms with Crippen LogP contribution in [-0.4, -0.2) is 182 Å². The van der Waals surface area contributed by atoms with Gasteiger partial charge in [0, 0.05) is 71.4 Å². The van der Waals surface area contributed by atoms with Crippen LogP contribution in [0.1, 0.15) is 130 Å². The predicted molar refractivity (Wildman–Crippen MR) is 403 cm³/mol. The number of fused-ring (bicyclic) bond motifs is 5. The van der Waals surface area contributed by atoms with E-state index >= 15 is 4.39 Å². The highest BCUT2D eigenvalue weighted by molar-refractivity contribution is 7.92. The topological polar surface area (TPSA) is 467 Å². The lowest BCUT2D eigenvalue weighted by Gasteiger charge is -2.37. The molecule has 0 bridgehead atoms. The van der Waals surface area contributed by atoms with Gasteiger partial charge in [-0.15, -0.1) is 0 Å². The van der Waals surface area contributed by atoms with Crippen LogP contribution in [0.4, 0.5) is 54.7 Å². The van der Waals surface area contributed by atoms with Gasteiger partial charge in [-0.05, 0) is 134 Å². The van der Waals surface area contributed by atoms with Gasteiger partial charge in [0.25, 0.3) is 15.6 Å². The molecule has 10 amide bonds. The normalized spacial score (nSPS) is 16.8. The summed E-state index contributed by atoms with van der Waals surface area (Å²) in [7, 11) is -4.20. The maximum absolute atomic E-state index is 15.5. The second kappa shape index (κ2) is 37.4. The minimum Gasteiger partial charge on any atom is -0.481 e. The van der Waals surface area contributed by atoms with Crippen LogP contribution in [-0.2, 0) is 97.2 Å². The Kier molecular flexibility index (Phi) is 27.8. The van der Waals surface area contributed by atoms with Crippen molar-refractivity contribution in [3.8, 4) is 11.4 Å². The summed E-state index contributed by atoms with van der Waals surface area (Å²) in [6.45, 7) is 7.82. The summed E-state index contributed by atoms with van der Waals surface area (Å²) in [6.07, 6.45) is -6.32. The van der Waals surface area contributed by atoms with Crippen LogP contribution in [0.5, 0.6) is 0 Å². The number of urea groups is 3. The Balaban J connectivity index is 0.636. The van der Waals surface area contributed by atoms with Gasteiger partial charge >= 0.3 is 54.1 Å². The van der Waals surface area contributed by atoms with Gasteiger partial charge in [0.2, 0.25) is 23.3 Å². The lowest BCUT2D eigenvalue weighted by Crippen LogP contribution is -2.57. The van der Waals surface area contributed by atoms with Crippen LogP contribution in [0.15, 0.2) is 94.6 Å². The summed E-state index contributed by atoms with van der Waals surface area (Å²) in [6, 6.07) is 11.1. The molecule has 10 rings (SSSR count). The van der Waals surface area contributed by atoms with E-state index in [9.17, 15) is 89.3 Å². The quantitative estimate of drug-likeness (QED) is 0.0111. The molecule has 2 aromatic heterocycles. The fourth-order valence-corrected chi connectivity index (χ4v) is 15.0. The Morgan fingerprint density at radius 1 is 0.730 bits per heavy atom. The summed E-state index contributed by atoms with van der Waals surface area (Å²) in [5.74, 6) is -11.1. The number of cyclic esters (lactones) is 1. The summed E-state index contributed by atoms with van der Waals surface area (Å²) in [5, 5.41) is 42.6. The Morgan fingerprint density at radius 3 is 2.03 bits per heavy atom. The fourth-order valence-electron chi connectivity index (χ4n) is 13.9. The van der Waals surface area contributed by atoms with Crippen molar-refractivity contribution >= 4 is 109 Å². The van der Waals surface area contributed by atoms with Crippen LogP contribution in [0.25, 0.3) is 22.3 Å². The number of likely N-dealkylation sites (tertiary alicyclic amines) is 1. The van der Waals surface area contributed by atoms with Crippen molar-refractivity contribution < 1.29 is 113 Å². The van der Waals surface area contributed by atoms with E-state index in [-0.39, 0.29) is 170 Å². The molecular formula is C76H87F4N13O21S. The first kappa shape index (κ1) is 85.6. The first-order chi connectivity index (χ1) is 54.7. The molecule has 0 radical (unpaired) electrons. The van der Waals surface area contributed by atoms with Crippen molar-refractivity contribution in [2.24, 2.45) is 5.92 Å². The number of hydrogen-bond acceptors (Lipinski definition) is 20. The van der Waals surface area contributed by atoms with Gasteiger partial charge in [0.15, 0.2) is 0 Å². The second-order valence-electron chi connectivity index (χ2n) is 27.8. The molecule has 5 heterocycles. The van der Waals surface area contributed by atoms with Gasteiger partial charge in [-0.3, -0.25) is 38.3 Å². The molecule has 0 spiro atoms. The number of sulfonamides is 1. The molecule has 616 valence electrons. The number of halogens is 4. The minimum atomic E-state index is -5.25. The number of amides is 10. The van der Waals surface area contributed by atoms with Gasteiger partial charge in [0.05, 0.1) is 98.5 Å². The molecule has 6 atom stereocenters. The maximum Gasteiger partial charge on any atom is 0.471 e. The minimum absolute atomic E-state index is 0.0191. The number of esters is 2.